The van der Waals surface area contributed by atoms with E-state index in [9.17, 15) is 0 Å². The van der Waals surface area contributed by atoms with E-state index in [1.807, 2.05) is 48.5 Å². The van der Waals surface area contributed by atoms with Crippen molar-refractivity contribution in [2.45, 2.75) is 26.6 Å². The summed E-state index contributed by atoms with van der Waals surface area (Å²) in [5.74, 6) is 1.66. The average Bonchev–Trinajstić information content (AvgIpc) is 2.76. The maximum atomic E-state index is 5.78. The largest absolute Gasteiger partial charge is 0.489 e. The molecular weight excluding hydrogens is 475 g/mol. The number of ether oxygens (including phenoxy) is 1. The van der Waals surface area contributed by atoms with Crippen molar-refractivity contribution in [2.75, 3.05) is 6.54 Å². The summed E-state index contributed by atoms with van der Waals surface area (Å²) < 4.78 is 5.78. The number of aliphatic imine (C=N–C) groups is 1. The normalized spacial score (nSPS) is 10.7. The number of para-hydroxylation sites is 1. The van der Waals surface area contributed by atoms with Crippen LogP contribution in [-0.4, -0.2) is 17.5 Å². The van der Waals surface area contributed by atoms with Gasteiger partial charge in [0.1, 0.15) is 12.4 Å². The highest BCUT2D eigenvalue weighted by Crippen LogP contribution is 2.12. The van der Waals surface area contributed by atoms with E-state index in [1.54, 1.807) is 6.20 Å². The van der Waals surface area contributed by atoms with Crippen molar-refractivity contribution in [1.82, 2.24) is 15.6 Å². The number of pyridine rings is 1. The van der Waals surface area contributed by atoms with Crippen LogP contribution in [-0.2, 0) is 19.7 Å². The maximum Gasteiger partial charge on any atom is 0.191 e. The quantitative estimate of drug-likeness (QED) is 0.270. The predicted molar refractivity (Wildman–Crippen MR) is 129 cm³/mol. The van der Waals surface area contributed by atoms with Crippen LogP contribution in [0.4, 0.5) is 0 Å². The smallest absolute Gasteiger partial charge is 0.191 e. The molecule has 0 aliphatic carbocycles. The molecule has 3 rings (SSSR count). The average molecular weight is 502 g/mol. The zero-order chi connectivity index (χ0) is 19.4. The maximum absolute atomic E-state index is 5.78. The van der Waals surface area contributed by atoms with Crippen molar-refractivity contribution in [3.05, 3.63) is 95.8 Å². The fraction of sp³-hybridized carbons (Fsp3) is 0.217. The van der Waals surface area contributed by atoms with Crippen LogP contribution in [0.2, 0.25) is 0 Å². The Hall–Kier alpha value is -2.61. The summed E-state index contributed by atoms with van der Waals surface area (Å²) in [6, 6.07) is 24.1. The second-order valence-electron chi connectivity index (χ2n) is 6.29. The van der Waals surface area contributed by atoms with Gasteiger partial charge in [0.15, 0.2) is 5.96 Å². The number of hydrogen-bond donors (Lipinski definition) is 2. The van der Waals surface area contributed by atoms with Crippen LogP contribution in [0.5, 0.6) is 5.75 Å². The molecule has 0 fully saturated rings. The summed E-state index contributed by atoms with van der Waals surface area (Å²) in [5, 5.41) is 6.58. The lowest BCUT2D eigenvalue weighted by Gasteiger charge is -2.11. The van der Waals surface area contributed by atoms with E-state index in [1.165, 1.54) is 0 Å². The van der Waals surface area contributed by atoms with E-state index in [4.69, 9.17) is 4.74 Å². The van der Waals surface area contributed by atoms with E-state index >= 15 is 0 Å². The molecule has 1 heterocycles. The van der Waals surface area contributed by atoms with Crippen LogP contribution in [0.15, 0.2) is 84.0 Å². The molecule has 0 saturated carbocycles. The third-order valence-corrected chi connectivity index (χ3v) is 4.10. The lowest BCUT2D eigenvalue weighted by atomic mass is 10.1. The fourth-order valence-corrected chi connectivity index (χ4v) is 2.61. The van der Waals surface area contributed by atoms with E-state index in [0.29, 0.717) is 19.7 Å². The monoisotopic (exact) mass is 502 g/mol. The van der Waals surface area contributed by atoms with Crippen LogP contribution in [0.25, 0.3) is 0 Å². The third kappa shape index (κ3) is 8.11. The van der Waals surface area contributed by atoms with E-state index in [-0.39, 0.29) is 24.0 Å². The van der Waals surface area contributed by atoms with Gasteiger partial charge >= 0.3 is 0 Å². The Bertz CT molecular complexity index is 855. The number of guanidine groups is 1. The van der Waals surface area contributed by atoms with Crippen molar-refractivity contribution in [3.8, 4) is 5.75 Å². The molecule has 0 aliphatic rings. The second-order valence-corrected chi connectivity index (χ2v) is 6.29. The zero-order valence-corrected chi connectivity index (χ0v) is 18.9. The first-order valence-corrected chi connectivity index (χ1v) is 9.51. The minimum absolute atomic E-state index is 0. The van der Waals surface area contributed by atoms with Crippen molar-refractivity contribution in [3.63, 3.8) is 0 Å². The van der Waals surface area contributed by atoms with Crippen LogP contribution in [0.1, 0.15) is 23.7 Å². The fourth-order valence-electron chi connectivity index (χ4n) is 2.61. The molecule has 0 spiro atoms. The molecule has 0 amide bonds. The van der Waals surface area contributed by atoms with Gasteiger partial charge in [-0.15, -0.1) is 24.0 Å². The van der Waals surface area contributed by atoms with Crippen molar-refractivity contribution in [2.24, 2.45) is 4.99 Å². The standard InChI is InChI=1S/C23H26N4O.HI/c1-2-24-23(27-17-21-8-6-7-15-25-21)26-16-19-11-13-20(14-12-19)18-28-22-9-4-3-5-10-22;/h3-15H,2,16-18H2,1H3,(H2,24,26,27);1H. The van der Waals surface area contributed by atoms with E-state index < -0.39 is 0 Å². The van der Waals surface area contributed by atoms with Crippen molar-refractivity contribution < 1.29 is 4.74 Å². The summed E-state index contributed by atoms with van der Waals surface area (Å²) >= 11 is 0. The number of nitrogens with zero attached hydrogens (tertiary/aromatic N) is 2. The molecular formula is C23H27IN4O. The van der Waals surface area contributed by atoms with Crippen LogP contribution in [0.3, 0.4) is 0 Å². The summed E-state index contributed by atoms with van der Waals surface area (Å²) in [5.41, 5.74) is 3.27. The van der Waals surface area contributed by atoms with Crippen molar-refractivity contribution in [1.29, 1.82) is 0 Å². The molecule has 0 radical (unpaired) electrons. The molecule has 0 saturated heterocycles. The Balaban J connectivity index is 0.00000300. The first kappa shape index (κ1) is 22.7. The summed E-state index contributed by atoms with van der Waals surface area (Å²) in [7, 11) is 0. The van der Waals surface area contributed by atoms with Crippen LogP contribution >= 0.6 is 24.0 Å². The number of hydrogen-bond acceptors (Lipinski definition) is 3. The lowest BCUT2D eigenvalue weighted by Crippen LogP contribution is -2.36. The van der Waals surface area contributed by atoms with Gasteiger partial charge in [-0.2, -0.15) is 0 Å². The Labute approximate surface area is 189 Å². The van der Waals surface area contributed by atoms with Gasteiger partial charge in [-0.25, -0.2) is 4.99 Å². The lowest BCUT2D eigenvalue weighted by molar-refractivity contribution is 0.306. The van der Waals surface area contributed by atoms with Gasteiger partial charge < -0.3 is 15.4 Å². The Morgan fingerprint density at radius 2 is 1.62 bits per heavy atom. The molecule has 3 aromatic rings. The van der Waals surface area contributed by atoms with Crippen LogP contribution in [0, 0.1) is 0 Å². The number of rotatable bonds is 8. The SMILES string of the molecule is CCNC(=NCc1ccc(COc2ccccc2)cc1)NCc1ccccn1.I. The molecule has 152 valence electrons. The molecule has 2 aromatic carbocycles. The number of aromatic nitrogens is 1. The molecule has 1 aromatic heterocycles. The van der Waals surface area contributed by atoms with Crippen LogP contribution < -0.4 is 15.4 Å². The first-order valence-electron chi connectivity index (χ1n) is 9.51. The Morgan fingerprint density at radius 3 is 2.31 bits per heavy atom. The molecule has 2 N–H and O–H groups in total. The summed E-state index contributed by atoms with van der Waals surface area (Å²) in [4.78, 5) is 8.98. The number of benzene rings is 2. The molecule has 0 aliphatic heterocycles. The number of halogens is 1. The van der Waals surface area contributed by atoms with E-state index in [2.05, 4.69) is 51.8 Å². The van der Waals surface area contributed by atoms with Gasteiger partial charge in [-0.05, 0) is 42.3 Å². The first-order chi connectivity index (χ1) is 13.8. The molecule has 0 atom stereocenters. The topological polar surface area (TPSA) is 58.5 Å². The highest BCUT2D eigenvalue weighted by Gasteiger charge is 2.00. The van der Waals surface area contributed by atoms with E-state index in [0.717, 1.165) is 35.1 Å². The van der Waals surface area contributed by atoms with Gasteiger partial charge in [-0.3, -0.25) is 4.98 Å². The number of nitrogens with one attached hydrogen (secondary N) is 2. The van der Waals surface area contributed by atoms with Gasteiger partial charge in [0.05, 0.1) is 18.8 Å². The minimum Gasteiger partial charge on any atom is -0.489 e. The van der Waals surface area contributed by atoms with Gasteiger partial charge in [0.2, 0.25) is 0 Å². The second kappa shape index (κ2) is 12.8. The molecule has 0 bridgehead atoms. The van der Waals surface area contributed by atoms with Crippen molar-refractivity contribution >= 4 is 29.9 Å². The van der Waals surface area contributed by atoms with Gasteiger partial charge in [0, 0.05) is 12.7 Å². The third-order valence-electron chi connectivity index (χ3n) is 4.10. The summed E-state index contributed by atoms with van der Waals surface area (Å²) in [6.07, 6.45) is 1.80. The highest BCUT2D eigenvalue weighted by molar-refractivity contribution is 14.0. The molecule has 5 nitrogen and oxygen atoms in total. The Morgan fingerprint density at radius 1 is 0.897 bits per heavy atom. The summed E-state index contributed by atoms with van der Waals surface area (Å²) in [6.45, 7) is 4.67. The van der Waals surface area contributed by atoms with Gasteiger partial charge in [-0.1, -0.05) is 48.5 Å². The molecule has 29 heavy (non-hydrogen) atoms. The highest BCUT2D eigenvalue weighted by atomic mass is 127. The zero-order valence-electron chi connectivity index (χ0n) is 16.5. The van der Waals surface area contributed by atoms with Gasteiger partial charge in [0.25, 0.3) is 0 Å². The molecule has 6 heteroatoms. The minimum atomic E-state index is 0. The molecule has 0 unspecified atom stereocenters. The predicted octanol–water partition coefficient (Wildman–Crippen LogP) is 4.53. The Kier molecular flexibility index (Phi) is 9.99.